The number of carbonyl (C=O) groups is 2. The monoisotopic (exact) mass is 382 g/mol. The first-order chi connectivity index (χ1) is 12.5. The van der Waals surface area contributed by atoms with Crippen molar-refractivity contribution in [2.45, 2.75) is 51.2 Å². The number of rotatable bonds is 12. The van der Waals surface area contributed by atoms with Gasteiger partial charge in [-0.1, -0.05) is 25.0 Å². The van der Waals surface area contributed by atoms with Gasteiger partial charge in [-0.05, 0) is 37.7 Å². The molecule has 0 aliphatic heterocycles. The third-order valence-corrected chi connectivity index (χ3v) is 4.81. The van der Waals surface area contributed by atoms with Crippen molar-refractivity contribution >= 4 is 23.7 Å². The quantitative estimate of drug-likeness (QED) is 0.181. The van der Waals surface area contributed by atoms with E-state index < -0.39 is 5.97 Å². The van der Waals surface area contributed by atoms with Gasteiger partial charge in [0, 0.05) is 23.3 Å². The van der Waals surface area contributed by atoms with Crippen LogP contribution in [-0.2, 0) is 19.1 Å². The van der Waals surface area contributed by atoms with Gasteiger partial charge in [0.1, 0.15) is 0 Å². The average molecular weight is 383 g/mol. The molecule has 0 rings (SSSR count). The standard InChI is InChI=1S/C20H30O5S/c1-5-9-17(15-21)14-16(2)18(26-13-12-20(23)25-4)10-7-6-8-11-19(22)24-3/h5,9,12-13,18,21H,6-8,10-11,15H2,1-4H3/b9-5+,13-12-/t14?,18-/m0/s1. The Bertz CT molecular complexity index is 557. The summed E-state index contributed by atoms with van der Waals surface area (Å²) in [5.74, 6) is -0.577. The van der Waals surface area contributed by atoms with Crippen LogP contribution < -0.4 is 0 Å². The van der Waals surface area contributed by atoms with Gasteiger partial charge in [-0.15, -0.1) is 17.5 Å². The Morgan fingerprint density at radius 3 is 2.46 bits per heavy atom. The van der Waals surface area contributed by atoms with Crippen molar-refractivity contribution in [2.24, 2.45) is 0 Å². The fraction of sp³-hybridized carbons (Fsp3) is 0.550. The summed E-state index contributed by atoms with van der Waals surface area (Å²) in [5, 5.41) is 11.3. The molecule has 146 valence electrons. The van der Waals surface area contributed by atoms with Gasteiger partial charge in [-0.25, -0.2) is 4.79 Å². The third kappa shape index (κ3) is 11.7. The second kappa shape index (κ2) is 15.5. The smallest absolute Gasteiger partial charge is 0.330 e. The normalized spacial score (nSPS) is 12.0. The van der Waals surface area contributed by atoms with E-state index in [0.717, 1.165) is 36.8 Å². The molecule has 0 aromatic rings. The second-order valence-electron chi connectivity index (χ2n) is 5.62. The molecule has 0 saturated heterocycles. The minimum Gasteiger partial charge on any atom is -0.469 e. The molecule has 0 aliphatic rings. The zero-order valence-electron chi connectivity index (χ0n) is 16.1. The molecule has 0 unspecified atom stereocenters. The van der Waals surface area contributed by atoms with Crippen molar-refractivity contribution in [2.75, 3.05) is 20.8 Å². The molecular formula is C20H30O5S. The predicted octanol–water partition coefficient (Wildman–Crippen LogP) is 3.94. The Kier molecular flexibility index (Phi) is 14.5. The van der Waals surface area contributed by atoms with Crippen molar-refractivity contribution in [3.8, 4) is 0 Å². The van der Waals surface area contributed by atoms with Gasteiger partial charge in [-0.3, -0.25) is 4.79 Å². The van der Waals surface area contributed by atoms with Gasteiger partial charge in [0.15, 0.2) is 0 Å². The van der Waals surface area contributed by atoms with E-state index in [1.807, 2.05) is 26.0 Å². The maximum Gasteiger partial charge on any atom is 0.330 e. The molecule has 0 radical (unpaired) electrons. The number of hydrogen-bond donors (Lipinski definition) is 1. The molecule has 0 aromatic heterocycles. The molecule has 0 amide bonds. The van der Waals surface area contributed by atoms with E-state index in [9.17, 15) is 14.7 Å². The number of methoxy groups -OCH3 is 2. The van der Waals surface area contributed by atoms with E-state index in [0.29, 0.717) is 6.42 Å². The highest BCUT2D eigenvalue weighted by atomic mass is 32.2. The Hall–Kier alpha value is -1.75. The van der Waals surface area contributed by atoms with E-state index in [4.69, 9.17) is 0 Å². The van der Waals surface area contributed by atoms with Gasteiger partial charge >= 0.3 is 11.9 Å². The van der Waals surface area contributed by atoms with Gasteiger partial charge in [0.25, 0.3) is 0 Å². The van der Waals surface area contributed by atoms with Crippen molar-refractivity contribution < 1.29 is 24.2 Å². The number of hydrogen-bond acceptors (Lipinski definition) is 6. The molecule has 0 aromatic carbocycles. The summed E-state index contributed by atoms with van der Waals surface area (Å²) < 4.78 is 9.24. The lowest BCUT2D eigenvalue weighted by Crippen LogP contribution is -2.05. The van der Waals surface area contributed by atoms with Crippen LogP contribution in [-0.4, -0.2) is 43.1 Å². The van der Waals surface area contributed by atoms with Crippen LogP contribution in [0.5, 0.6) is 0 Å². The van der Waals surface area contributed by atoms with Crippen molar-refractivity contribution in [3.05, 3.63) is 40.5 Å². The van der Waals surface area contributed by atoms with Crippen LogP contribution in [0, 0.1) is 0 Å². The zero-order valence-corrected chi connectivity index (χ0v) is 16.9. The SMILES string of the molecule is C/C=C/C(=C=C(C)[C@H](CCCCCC(=O)OC)S/C=C\C(=O)OC)CO. The number of aliphatic hydroxyl groups is 1. The lowest BCUT2D eigenvalue weighted by atomic mass is 10.1. The molecule has 0 fully saturated rings. The second-order valence-corrected chi connectivity index (χ2v) is 6.73. The Labute approximate surface area is 160 Å². The fourth-order valence-electron chi connectivity index (χ4n) is 2.19. The average Bonchev–Trinajstić information content (AvgIpc) is 2.65. The largest absolute Gasteiger partial charge is 0.469 e. The van der Waals surface area contributed by atoms with Crippen molar-refractivity contribution in [1.29, 1.82) is 0 Å². The van der Waals surface area contributed by atoms with E-state index in [-0.39, 0.29) is 17.8 Å². The summed E-state index contributed by atoms with van der Waals surface area (Å²) in [6.07, 6.45) is 9.05. The summed E-state index contributed by atoms with van der Waals surface area (Å²) in [4.78, 5) is 22.4. The van der Waals surface area contributed by atoms with Crippen LogP contribution >= 0.6 is 11.8 Å². The van der Waals surface area contributed by atoms with E-state index in [1.165, 1.54) is 32.1 Å². The molecule has 1 atom stereocenters. The number of ether oxygens (including phenoxy) is 2. The highest BCUT2D eigenvalue weighted by Gasteiger charge is 2.11. The van der Waals surface area contributed by atoms with Crippen LogP contribution in [0.4, 0.5) is 0 Å². The van der Waals surface area contributed by atoms with Gasteiger partial charge < -0.3 is 14.6 Å². The minimum absolute atomic E-state index is 0.0732. The molecule has 0 bridgehead atoms. The Morgan fingerprint density at radius 2 is 1.88 bits per heavy atom. The molecule has 0 aliphatic carbocycles. The predicted molar refractivity (Wildman–Crippen MR) is 106 cm³/mol. The third-order valence-electron chi connectivity index (χ3n) is 3.60. The van der Waals surface area contributed by atoms with E-state index in [2.05, 4.69) is 15.2 Å². The number of carbonyl (C=O) groups excluding carboxylic acids is 2. The highest BCUT2D eigenvalue weighted by molar-refractivity contribution is 8.02. The lowest BCUT2D eigenvalue weighted by molar-refractivity contribution is -0.140. The van der Waals surface area contributed by atoms with Crippen LogP contribution in [0.2, 0.25) is 0 Å². The molecule has 5 nitrogen and oxygen atoms in total. The van der Waals surface area contributed by atoms with Crippen molar-refractivity contribution in [3.63, 3.8) is 0 Å². The Morgan fingerprint density at radius 1 is 1.15 bits per heavy atom. The Balaban J connectivity index is 4.94. The first kappa shape index (κ1) is 24.2. The lowest BCUT2D eigenvalue weighted by Gasteiger charge is -2.14. The molecule has 0 spiro atoms. The molecule has 0 heterocycles. The zero-order chi connectivity index (χ0) is 19.8. The van der Waals surface area contributed by atoms with E-state index in [1.54, 1.807) is 5.41 Å². The summed E-state index contributed by atoms with van der Waals surface area (Å²) in [6.45, 7) is 3.78. The summed E-state index contributed by atoms with van der Waals surface area (Å²) in [7, 11) is 2.74. The molecule has 26 heavy (non-hydrogen) atoms. The molecular weight excluding hydrogens is 352 g/mol. The van der Waals surface area contributed by atoms with E-state index >= 15 is 0 Å². The summed E-state index contributed by atoms with van der Waals surface area (Å²) >= 11 is 1.52. The number of thioether (sulfide) groups is 1. The van der Waals surface area contributed by atoms with Crippen LogP contribution in [0.15, 0.2) is 40.5 Å². The van der Waals surface area contributed by atoms with Crippen LogP contribution in [0.1, 0.15) is 46.0 Å². The molecule has 6 heteroatoms. The summed E-state index contributed by atoms with van der Waals surface area (Å²) in [6, 6.07) is 0. The van der Waals surface area contributed by atoms with Gasteiger partial charge in [0.05, 0.1) is 20.8 Å². The maximum atomic E-state index is 11.2. The number of unbranched alkanes of at least 4 members (excludes halogenated alkanes) is 2. The summed E-state index contributed by atoms with van der Waals surface area (Å²) in [5.41, 5.74) is 4.96. The molecule has 1 N–H and O–H groups in total. The maximum absolute atomic E-state index is 11.2. The first-order valence-corrected chi connectivity index (χ1v) is 9.59. The van der Waals surface area contributed by atoms with Gasteiger partial charge in [-0.2, -0.15) is 0 Å². The topological polar surface area (TPSA) is 72.8 Å². The van der Waals surface area contributed by atoms with Crippen LogP contribution in [0.25, 0.3) is 0 Å². The van der Waals surface area contributed by atoms with Crippen molar-refractivity contribution in [1.82, 2.24) is 0 Å². The number of allylic oxidation sites excluding steroid dienone is 1. The van der Waals surface area contributed by atoms with Crippen LogP contribution in [0.3, 0.4) is 0 Å². The highest BCUT2D eigenvalue weighted by Crippen LogP contribution is 2.26. The number of aliphatic hydroxyl groups excluding tert-OH is 1. The van der Waals surface area contributed by atoms with Gasteiger partial charge in [0.2, 0.25) is 0 Å². The fourth-order valence-corrected chi connectivity index (χ4v) is 3.14. The number of esters is 2. The minimum atomic E-state index is -0.392. The first-order valence-electron chi connectivity index (χ1n) is 8.65. The molecule has 0 saturated carbocycles.